The fourth-order valence-electron chi connectivity index (χ4n) is 0.886. The summed E-state index contributed by atoms with van der Waals surface area (Å²) in [6, 6.07) is 0. The van der Waals surface area contributed by atoms with E-state index >= 15 is 0 Å². The minimum Gasteiger partial charge on any atom is -0.361 e. The molecule has 80 valence electrons. The first-order chi connectivity index (χ1) is 6.68. The predicted octanol–water partition coefficient (Wildman–Crippen LogP) is 0.544. The number of rotatable bonds is 6. The lowest BCUT2D eigenvalue weighted by Gasteiger charge is -1.94. The highest BCUT2D eigenvalue weighted by Crippen LogP contribution is 2.00. The fourth-order valence-corrected chi connectivity index (χ4v) is 0.886. The average Bonchev–Trinajstić information content (AvgIpc) is 2.16. The van der Waals surface area contributed by atoms with Crippen LogP contribution in [-0.2, 0) is 9.59 Å². The van der Waals surface area contributed by atoms with Crippen molar-refractivity contribution < 1.29 is 9.59 Å². The highest BCUT2D eigenvalue weighted by molar-refractivity contribution is 6.34. The molecule has 0 heterocycles. The van der Waals surface area contributed by atoms with Gasteiger partial charge in [-0.1, -0.05) is 26.2 Å². The Kier molecular flexibility index (Phi) is 7.40. The Morgan fingerprint density at radius 2 is 2.07 bits per heavy atom. The molecule has 0 saturated heterocycles. The molecule has 14 heavy (non-hydrogen) atoms. The van der Waals surface area contributed by atoms with Gasteiger partial charge >= 0.3 is 11.8 Å². The topological polar surface area (TPSA) is 84.6 Å². The standard InChI is InChI=1S/C9H17N3O2/c1-2-3-4-5-6-7-11-12-9(14)8(10)13/h7H,2-6H2,1H3,(H2,10,13)(H,12,14)/b11-7+. The van der Waals surface area contributed by atoms with E-state index in [1.165, 1.54) is 12.8 Å². The number of nitrogens with one attached hydrogen (secondary N) is 1. The highest BCUT2D eigenvalue weighted by atomic mass is 16.2. The number of amides is 2. The van der Waals surface area contributed by atoms with Gasteiger partial charge in [-0.15, -0.1) is 0 Å². The lowest BCUT2D eigenvalue weighted by Crippen LogP contribution is -2.32. The minimum atomic E-state index is -1.02. The summed E-state index contributed by atoms with van der Waals surface area (Å²) in [5, 5.41) is 3.56. The van der Waals surface area contributed by atoms with Crippen LogP contribution < -0.4 is 11.2 Å². The largest absolute Gasteiger partial charge is 0.361 e. The molecule has 5 nitrogen and oxygen atoms in total. The smallest absolute Gasteiger partial charge is 0.329 e. The monoisotopic (exact) mass is 199 g/mol. The maximum Gasteiger partial charge on any atom is 0.329 e. The van der Waals surface area contributed by atoms with E-state index < -0.39 is 11.8 Å². The Balaban J connectivity index is 3.36. The molecule has 0 bridgehead atoms. The maximum absolute atomic E-state index is 10.6. The second-order valence-electron chi connectivity index (χ2n) is 2.97. The van der Waals surface area contributed by atoms with E-state index in [1.54, 1.807) is 6.21 Å². The van der Waals surface area contributed by atoms with Crippen molar-refractivity contribution in [1.29, 1.82) is 0 Å². The summed E-state index contributed by atoms with van der Waals surface area (Å²) in [5.41, 5.74) is 6.72. The van der Waals surface area contributed by atoms with Crippen molar-refractivity contribution in [2.24, 2.45) is 10.8 Å². The molecule has 0 aliphatic rings. The number of unbranched alkanes of at least 4 members (excludes halogenated alkanes) is 4. The molecule has 0 rings (SSSR count). The molecule has 0 radical (unpaired) electrons. The van der Waals surface area contributed by atoms with Crippen LogP contribution in [0.1, 0.15) is 39.0 Å². The Bertz CT molecular complexity index is 214. The van der Waals surface area contributed by atoms with Gasteiger partial charge in [-0.2, -0.15) is 5.10 Å². The second kappa shape index (κ2) is 8.22. The van der Waals surface area contributed by atoms with Gasteiger partial charge < -0.3 is 5.73 Å². The average molecular weight is 199 g/mol. The molecule has 5 heteroatoms. The lowest BCUT2D eigenvalue weighted by atomic mass is 10.2. The normalized spacial score (nSPS) is 10.4. The van der Waals surface area contributed by atoms with E-state index in [2.05, 4.69) is 12.0 Å². The van der Waals surface area contributed by atoms with Crippen molar-refractivity contribution in [1.82, 2.24) is 5.43 Å². The van der Waals surface area contributed by atoms with Crippen LogP contribution in [0, 0.1) is 0 Å². The third-order valence-corrected chi connectivity index (χ3v) is 1.67. The molecular formula is C9H17N3O2. The van der Waals surface area contributed by atoms with E-state index in [-0.39, 0.29) is 0 Å². The molecule has 0 spiro atoms. The first kappa shape index (κ1) is 12.6. The minimum absolute atomic E-state index is 0.805. The van der Waals surface area contributed by atoms with Crippen LogP contribution in [0.3, 0.4) is 0 Å². The number of nitrogens with two attached hydrogens (primary N) is 1. The first-order valence-electron chi connectivity index (χ1n) is 4.79. The zero-order valence-electron chi connectivity index (χ0n) is 8.45. The number of hydrazone groups is 1. The van der Waals surface area contributed by atoms with Gasteiger partial charge in [0.1, 0.15) is 0 Å². The number of carbonyl (C=O) groups excluding carboxylic acids is 2. The Morgan fingerprint density at radius 1 is 1.36 bits per heavy atom. The molecule has 0 aromatic rings. The molecule has 0 aromatic carbocycles. The summed E-state index contributed by atoms with van der Waals surface area (Å²) >= 11 is 0. The summed E-state index contributed by atoms with van der Waals surface area (Å²) in [5.74, 6) is -1.90. The van der Waals surface area contributed by atoms with Crippen molar-refractivity contribution >= 4 is 18.0 Å². The molecule has 0 aliphatic carbocycles. The van der Waals surface area contributed by atoms with E-state index in [0.717, 1.165) is 19.3 Å². The third kappa shape index (κ3) is 7.27. The van der Waals surface area contributed by atoms with Gasteiger partial charge in [0.05, 0.1) is 0 Å². The quantitative estimate of drug-likeness (QED) is 0.283. The molecule has 0 aromatic heterocycles. The first-order valence-corrected chi connectivity index (χ1v) is 4.79. The zero-order chi connectivity index (χ0) is 10.8. The van der Waals surface area contributed by atoms with E-state index in [1.807, 2.05) is 5.43 Å². The molecule has 2 amide bonds. The van der Waals surface area contributed by atoms with Crippen molar-refractivity contribution in [3.05, 3.63) is 0 Å². The van der Waals surface area contributed by atoms with Gasteiger partial charge in [0.15, 0.2) is 0 Å². The molecule has 0 atom stereocenters. The molecule has 0 saturated carbocycles. The van der Waals surface area contributed by atoms with Gasteiger partial charge in [-0.25, -0.2) is 5.43 Å². The number of nitrogens with zero attached hydrogens (tertiary/aromatic N) is 1. The van der Waals surface area contributed by atoms with Crippen molar-refractivity contribution in [3.63, 3.8) is 0 Å². The van der Waals surface area contributed by atoms with Gasteiger partial charge in [-0.05, 0) is 12.8 Å². The molecule has 3 N–H and O–H groups in total. The summed E-state index contributed by atoms with van der Waals surface area (Å²) < 4.78 is 0. The molecule has 0 unspecified atom stereocenters. The summed E-state index contributed by atoms with van der Waals surface area (Å²) in [7, 11) is 0. The Labute approximate surface area is 83.7 Å². The third-order valence-electron chi connectivity index (χ3n) is 1.67. The van der Waals surface area contributed by atoms with Crippen molar-refractivity contribution in [2.45, 2.75) is 39.0 Å². The van der Waals surface area contributed by atoms with Gasteiger partial charge in [-0.3, -0.25) is 9.59 Å². The number of carbonyl (C=O) groups is 2. The van der Waals surface area contributed by atoms with E-state index in [4.69, 9.17) is 5.73 Å². The maximum atomic E-state index is 10.6. The van der Waals surface area contributed by atoms with Crippen LogP contribution in [0.25, 0.3) is 0 Å². The van der Waals surface area contributed by atoms with Crippen LogP contribution in [-0.4, -0.2) is 18.0 Å². The zero-order valence-corrected chi connectivity index (χ0v) is 8.45. The number of hydrogen-bond donors (Lipinski definition) is 2. The van der Waals surface area contributed by atoms with Crippen LogP contribution in [0.15, 0.2) is 5.10 Å². The van der Waals surface area contributed by atoms with Crippen LogP contribution >= 0.6 is 0 Å². The van der Waals surface area contributed by atoms with Crippen molar-refractivity contribution in [3.8, 4) is 0 Å². The fraction of sp³-hybridized carbons (Fsp3) is 0.667. The van der Waals surface area contributed by atoms with Gasteiger partial charge in [0.25, 0.3) is 0 Å². The van der Waals surface area contributed by atoms with Crippen molar-refractivity contribution in [2.75, 3.05) is 0 Å². The molecule has 0 aliphatic heterocycles. The van der Waals surface area contributed by atoms with Crippen LogP contribution in [0.4, 0.5) is 0 Å². The van der Waals surface area contributed by atoms with Gasteiger partial charge in [0.2, 0.25) is 0 Å². The molecule has 0 fully saturated rings. The summed E-state index contributed by atoms with van der Waals surface area (Å²) in [6.45, 7) is 2.14. The van der Waals surface area contributed by atoms with E-state index in [0.29, 0.717) is 0 Å². The van der Waals surface area contributed by atoms with E-state index in [9.17, 15) is 9.59 Å². The highest BCUT2D eigenvalue weighted by Gasteiger charge is 2.04. The summed E-state index contributed by atoms with van der Waals surface area (Å²) in [6.07, 6.45) is 6.99. The predicted molar refractivity (Wildman–Crippen MR) is 54.6 cm³/mol. The number of primary amides is 1. The van der Waals surface area contributed by atoms with Crippen LogP contribution in [0.2, 0.25) is 0 Å². The SMILES string of the molecule is CCCCCC/C=N/NC(=O)C(N)=O. The number of hydrogen-bond acceptors (Lipinski definition) is 3. The summed E-state index contributed by atoms with van der Waals surface area (Å²) in [4.78, 5) is 20.8. The second-order valence-corrected chi connectivity index (χ2v) is 2.97. The molecular weight excluding hydrogens is 182 g/mol. The van der Waals surface area contributed by atoms with Crippen LogP contribution in [0.5, 0.6) is 0 Å². The Morgan fingerprint density at radius 3 is 2.64 bits per heavy atom. The van der Waals surface area contributed by atoms with Gasteiger partial charge in [0, 0.05) is 6.21 Å². The Hall–Kier alpha value is -1.39. The lowest BCUT2D eigenvalue weighted by molar-refractivity contribution is -0.137.